The Balaban J connectivity index is 1.37. The molecule has 0 saturated carbocycles. The largest absolute Gasteiger partial charge is 0.324 e. The summed E-state index contributed by atoms with van der Waals surface area (Å²) in [6.07, 6.45) is 4.82. The van der Waals surface area contributed by atoms with E-state index >= 15 is 0 Å². The second kappa shape index (κ2) is 8.90. The number of amides is 1. The molecule has 164 valence electrons. The van der Waals surface area contributed by atoms with E-state index < -0.39 is 0 Å². The van der Waals surface area contributed by atoms with Crippen molar-refractivity contribution in [2.45, 2.75) is 30.3 Å². The van der Waals surface area contributed by atoms with Gasteiger partial charge >= 0.3 is 0 Å². The van der Waals surface area contributed by atoms with Crippen molar-refractivity contribution >= 4 is 58.2 Å². The maximum absolute atomic E-state index is 13.1. The van der Waals surface area contributed by atoms with Gasteiger partial charge in [0.1, 0.15) is 5.03 Å². The van der Waals surface area contributed by atoms with Crippen LogP contribution in [-0.2, 0) is 12.8 Å². The fraction of sp³-hybridized carbons (Fsp3) is 0.261. The maximum Gasteiger partial charge on any atom is 0.263 e. The van der Waals surface area contributed by atoms with E-state index in [4.69, 9.17) is 23.2 Å². The van der Waals surface area contributed by atoms with Crippen molar-refractivity contribution in [1.82, 2.24) is 15.3 Å². The van der Waals surface area contributed by atoms with Crippen molar-refractivity contribution < 1.29 is 4.79 Å². The number of anilines is 3. The summed E-state index contributed by atoms with van der Waals surface area (Å²) in [4.78, 5) is 23.6. The van der Waals surface area contributed by atoms with Crippen LogP contribution in [0.3, 0.4) is 0 Å². The quantitative estimate of drug-likeness (QED) is 0.487. The van der Waals surface area contributed by atoms with E-state index in [1.54, 1.807) is 29.3 Å². The van der Waals surface area contributed by atoms with Gasteiger partial charge in [-0.3, -0.25) is 9.69 Å². The van der Waals surface area contributed by atoms with Crippen LogP contribution in [0.25, 0.3) is 0 Å². The van der Waals surface area contributed by atoms with Gasteiger partial charge < -0.3 is 10.6 Å². The maximum atomic E-state index is 13.1. The predicted octanol–water partition coefficient (Wildman–Crippen LogP) is 5.31. The van der Waals surface area contributed by atoms with Crippen molar-refractivity contribution in [2.24, 2.45) is 0 Å². The molecular formula is C23H21Cl2N5OS. The highest BCUT2D eigenvalue weighted by atomic mass is 35.5. The lowest BCUT2D eigenvalue weighted by atomic mass is 9.88. The third-order valence-corrected chi connectivity index (χ3v) is 7.45. The molecule has 2 aromatic carbocycles. The number of fused-ring (bicyclic) bond motifs is 2. The van der Waals surface area contributed by atoms with Gasteiger partial charge in [0.05, 0.1) is 27.2 Å². The molecule has 2 N–H and O–H groups in total. The summed E-state index contributed by atoms with van der Waals surface area (Å²) in [6.45, 7) is 0. The van der Waals surface area contributed by atoms with Crippen LogP contribution in [0.1, 0.15) is 27.9 Å². The Labute approximate surface area is 200 Å². The monoisotopic (exact) mass is 485 g/mol. The highest BCUT2D eigenvalue weighted by molar-refractivity contribution is 7.99. The molecule has 1 aliphatic heterocycles. The van der Waals surface area contributed by atoms with Crippen molar-refractivity contribution in [1.29, 1.82) is 0 Å². The molecule has 9 heteroatoms. The van der Waals surface area contributed by atoms with E-state index in [1.807, 2.05) is 7.05 Å². The molecule has 0 fully saturated rings. The van der Waals surface area contributed by atoms with Crippen molar-refractivity contribution in [3.63, 3.8) is 0 Å². The Kier molecular flexibility index (Phi) is 5.99. The molecule has 2 heterocycles. The number of nitrogens with zero attached hydrogens (tertiary/aromatic N) is 3. The van der Waals surface area contributed by atoms with Gasteiger partial charge in [0.25, 0.3) is 5.91 Å². The molecule has 1 aromatic heterocycles. The third kappa shape index (κ3) is 4.06. The number of likely N-dealkylation sites (N-methyl/N-ethyl adjacent to an activating group) is 1. The number of benzene rings is 2. The molecule has 0 bridgehead atoms. The number of aryl methyl sites for hydroxylation is 1. The zero-order valence-electron chi connectivity index (χ0n) is 17.4. The minimum absolute atomic E-state index is 0.216. The Morgan fingerprint density at radius 1 is 1.16 bits per heavy atom. The van der Waals surface area contributed by atoms with Crippen molar-refractivity contribution in [3.05, 3.63) is 69.3 Å². The lowest BCUT2D eigenvalue weighted by Crippen LogP contribution is -2.35. The molecule has 3 aromatic rings. The second-order valence-electron chi connectivity index (χ2n) is 7.83. The average molecular weight is 486 g/mol. The molecule has 0 saturated heterocycles. The SMILES string of the molecule is CNC1CCc2ccc(Nc3ncc4c(n3)SCN(c3c(Cl)cccc3Cl)C4=O)cc2C1. The Hall–Kier alpha value is -2.32. The molecule has 1 amide bonds. The van der Waals surface area contributed by atoms with E-state index in [0.717, 1.165) is 24.9 Å². The fourth-order valence-corrected chi connectivity index (χ4v) is 5.68. The Morgan fingerprint density at radius 2 is 1.97 bits per heavy atom. The average Bonchev–Trinajstić information content (AvgIpc) is 2.80. The number of thioether (sulfide) groups is 1. The first kappa shape index (κ1) is 21.5. The number of aromatic nitrogens is 2. The standard InChI is InChI=1S/C23H21Cl2N5OS/c1-26-15-7-5-13-6-8-16(10-14(13)9-15)28-23-27-11-17-21(29-23)32-12-30(22(17)31)20-18(24)3-2-4-19(20)25/h2-4,6,8,10-11,15,26H,5,7,9,12H2,1H3,(H,27,28,29). The first-order valence-corrected chi connectivity index (χ1v) is 12.1. The summed E-state index contributed by atoms with van der Waals surface area (Å²) in [5.74, 6) is 0.622. The third-order valence-electron chi connectivity index (χ3n) is 5.87. The topological polar surface area (TPSA) is 70.2 Å². The number of halogens is 2. The number of carbonyl (C=O) groups is 1. The number of carbonyl (C=O) groups excluding carboxylic acids is 1. The molecule has 1 aliphatic carbocycles. The highest BCUT2D eigenvalue weighted by Gasteiger charge is 2.30. The van der Waals surface area contributed by atoms with E-state index in [1.165, 1.54) is 22.9 Å². The van der Waals surface area contributed by atoms with Crippen molar-refractivity contribution in [2.75, 3.05) is 23.1 Å². The first-order valence-electron chi connectivity index (χ1n) is 10.4. The van der Waals surface area contributed by atoms with E-state index in [2.05, 4.69) is 38.8 Å². The zero-order chi connectivity index (χ0) is 22.2. The molecule has 1 atom stereocenters. The molecule has 32 heavy (non-hydrogen) atoms. The van der Waals surface area contributed by atoms with E-state index in [9.17, 15) is 4.79 Å². The molecule has 6 nitrogen and oxygen atoms in total. The first-order chi connectivity index (χ1) is 15.5. The molecular weight excluding hydrogens is 465 g/mol. The van der Waals surface area contributed by atoms with Crippen molar-refractivity contribution in [3.8, 4) is 0 Å². The van der Waals surface area contributed by atoms with Crippen LogP contribution in [-0.4, -0.2) is 34.8 Å². The Morgan fingerprint density at radius 3 is 2.75 bits per heavy atom. The van der Waals surface area contributed by atoms with E-state index in [-0.39, 0.29) is 5.91 Å². The summed E-state index contributed by atoms with van der Waals surface area (Å²) >= 11 is 14.1. The molecule has 2 aliphatic rings. The number of rotatable bonds is 4. The minimum atomic E-state index is -0.216. The van der Waals surface area contributed by atoms with Crippen LogP contribution in [0.4, 0.5) is 17.3 Å². The summed E-state index contributed by atoms with van der Waals surface area (Å²) in [7, 11) is 2.01. The van der Waals surface area contributed by atoms with Crippen LogP contribution < -0.4 is 15.5 Å². The number of nitrogens with one attached hydrogen (secondary N) is 2. The number of hydrogen-bond acceptors (Lipinski definition) is 6. The molecule has 0 radical (unpaired) electrons. The molecule has 5 rings (SSSR count). The summed E-state index contributed by atoms with van der Waals surface area (Å²) in [5.41, 5.74) is 4.63. The van der Waals surface area contributed by atoms with Gasteiger partial charge in [0.15, 0.2) is 0 Å². The van der Waals surface area contributed by atoms with Gasteiger partial charge in [-0.25, -0.2) is 9.97 Å². The van der Waals surface area contributed by atoms with Crippen LogP contribution in [0.5, 0.6) is 0 Å². The Bertz CT molecular complexity index is 1180. The van der Waals surface area contributed by atoms with Gasteiger partial charge in [0, 0.05) is 17.9 Å². The summed E-state index contributed by atoms with van der Waals surface area (Å²) < 4.78 is 0. The smallest absolute Gasteiger partial charge is 0.263 e. The van der Waals surface area contributed by atoms with Gasteiger partial charge in [-0.15, -0.1) is 0 Å². The van der Waals surface area contributed by atoms with Crippen LogP contribution >= 0.6 is 35.0 Å². The van der Waals surface area contributed by atoms with Crippen LogP contribution in [0.15, 0.2) is 47.6 Å². The van der Waals surface area contributed by atoms with Crippen LogP contribution in [0, 0.1) is 0 Å². The summed E-state index contributed by atoms with van der Waals surface area (Å²) in [6, 6.07) is 12.1. The zero-order valence-corrected chi connectivity index (χ0v) is 19.7. The van der Waals surface area contributed by atoms with Gasteiger partial charge in [-0.2, -0.15) is 0 Å². The lowest BCUT2D eigenvalue weighted by molar-refractivity contribution is 0.0985. The summed E-state index contributed by atoms with van der Waals surface area (Å²) in [5, 5.41) is 8.17. The fourth-order valence-electron chi connectivity index (χ4n) is 4.14. The predicted molar refractivity (Wildman–Crippen MR) is 131 cm³/mol. The number of hydrogen-bond donors (Lipinski definition) is 2. The van der Waals surface area contributed by atoms with Gasteiger partial charge in [-0.1, -0.05) is 47.1 Å². The normalized spacial score (nSPS) is 17.7. The highest BCUT2D eigenvalue weighted by Crippen LogP contribution is 2.39. The second-order valence-corrected chi connectivity index (χ2v) is 9.57. The number of para-hydroxylation sites is 1. The lowest BCUT2D eigenvalue weighted by Gasteiger charge is -2.28. The van der Waals surface area contributed by atoms with Gasteiger partial charge in [0.2, 0.25) is 5.95 Å². The molecule has 0 spiro atoms. The molecule has 1 unspecified atom stereocenters. The van der Waals surface area contributed by atoms with E-state index in [0.29, 0.717) is 44.2 Å². The minimum Gasteiger partial charge on any atom is -0.324 e. The van der Waals surface area contributed by atoms with Crippen LogP contribution in [0.2, 0.25) is 10.0 Å². The van der Waals surface area contributed by atoms with Gasteiger partial charge in [-0.05, 0) is 61.7 Å².